The van der Waals surface area contributed by atoms with E-state index in [1.807, 2.05) is 30.3 Å². The Bertz CT molecular complexity index is 620. The second kappa shape index (κ2) is 5.98. The Morgan fingerprint density at radius 3 is 2.74 bits per heavy atom. The molecule has 0 heterocycles. The molecule has 0 aliphatic carbocycles. The van der Waals surface area contributed by atoms with E-state index in [1.165, 1.54) is 12.1 Å². The van der Waals surface area contributed by atoms with Crippen LogP contribution in [0, 0.1) is 17.1 Å². The van der Waals surface area contributed by atoms with Crippen LogP contribution in [0.25, 0.3) is 0 Å². The van der Waals surface area contributed by atoms with Crippen molar-refractivity contribution in [2.24, 2.45) is 0 Å². The molecule has 0 aliphatic rings. The van der Waals surface area contributed by atoms with Gasteiger partial charge in [-0.25, -0.2) is 4.39 Å². The molecule has 0 saturated heterocycles. The predicted octanol–water partition coefficient (Wildman–Crippen LogP) is 2.80. The lowest BCUT2D eigenvalue weighted by molar-refractivity contribution is 0.282. The quantitative estimate of drug-likeness (QED) is 0.884. The van der Waals surface area contributed by atoms with Gasteiger partial charge in [0.2, 0.25) is 0 Å². The lowest BCUT2D eigenvalue weighted by Crippen LogP contribution is -2.01. The van der Waals surface area contributed by atoms with E-state index in [0.717, 1.165) is 16.8 Å². The molecule has 19 heavy (non-hydrogen) atoms. The zero-order valence-corrected chi connectivity index (χ0v) is 10.2. The highest BCUT2D eigenvalue weighted by Gasteiger charge is 2.02. The molecule has 0 fully saturated rings. The van der Waals surface area contributed by atoms with Gasteiger partial charge in [-0.3, -0.25) is 0 Å². The van der Waals surface area contributed by atoms with Gasteiger partial charge in [0.05, 0.1) is 12.2 Å². The number of nitriles is 1. The van der Waals surface area contributed by atoms with Crippen LogP contribution >= 0.6 is 0 Å². The van der Waals surface area contributed by atoms with Crippen molar-refractivity contribution in [1.82, 2.24) is 0 Å². The van der Waals surface area contributed by atoms with Crippen molar-refractivity contribution in [1.29, 1.82) is 5.26 Å². The summed E-state index contributed by atoms with van der Waals surface area (Å²) in [5.74, 6) is -0.506. The number of rotatable bonds is 4. The summed E-state index contributed by atoms with van der Waals surface area (Å²) in [6, 6.07) is 13.7. The highest BCUT2D eigenvalue weighted by Crippen LogP contribution is 2.14. The number of nitrogens with one attached hydrogen (secondary N) is 1. The summed E-state index contributed by atoms with van der Waals surface area (Å²) in [5, 5.41) is 21.0. The summed E-state index contributed by atoms with van der Waals surface area (Å²) in [7, 11) is 0. The van der Waals surface area contributed by atoms with E-state index in [9.17, 15) is 4.39 Å². The Morgan fingerprint density at radius 1 is 1.16 bits per heavy atom. The third-order valence-corrected chi connectivity index (χ3v) is 2.76. The molecule has 0 unspecified atom stereocenters. The van der Waals surface area contributed by atoms with E-state index in [0.29, 0.717) is 6.54 Å². The minimum atomic E-state index is -0.506. The molecule has 2 aromatic carbocycles. The summed E-state index contributed by atoms with van der Waals surface area (Å²) >= 11 is 0. The Labute approximate surface area is 110 Å². The molecule has 0 atom stereocenters. The summed E-state index contributed by atoms with van der Waals surface area (Å²) in [6.45, 7) is 0.481. The molecule has 0 spiro atoms. The van der Waals surface area contributed by atoms with E-state index in [2.05, 4.69) is 5.32 Å². The largest absolute Gasteiger partial charge is 0.392 e. The molecule has 4 heteroatoms. The fourth-order valence-corrected chi connectivity index (χ4v) is 1.75. The minimum Gasteiger partial charge on any atom is -0.392 e. The van der Waals surface area contributed by atoms with Crippen LogP contribution in [0.15, 0.2) is 42.5 Å². The van der Waals surface area contributed by atoms with Crippen molar-refractivity contribution in [3.05, 3.63) is 65.0 Å². The normalized spacial score (nSPS) is 9.95. The molecule has 0 amide bonds. The Kier molecular flexibility index (Phi) is 4.11. The average Bonchev–Trinajstić information content (AvgIpc) is 2.46. The van der Waals surface area contributed by atoms with Crippen LogP contribution in [0.2, 0.25) is 0 Å². The molecule has 2 N–H and O–H groups in total. The van der Waals surface area contributed by atoms with Crippen molar-refractivity contribution in [2.45, 2.75) is 13.2 Å². The SMILES string of the molecule is N#Cc1cc(CNc2cccc(CO)c2)ccc1F. The molecule has 0 aromatic heterocycles. The summed E-state index contributed by atoms with van der Waals surface area (Å²) < 4.78 is 13.2. The first kappa shape index (κ1) is 13.1. The van der Waals surface area contributed by atoms with Crippen molar-refractivity contribution >= 4 is 5.69 Å². The van der Waals surface area contributed by atoms with Gasteiger partial charge in [-0.1, -0.05) is 18.2 Å². The maximum atomic E-state index is 13.2. The summed E-state index contributed by atoms with van der Waals surface area (Å²) in [4.78, 5) is 0. The minimum absolute atomic E-state index is 0.00928. The van der Waals surface area contributed by atoms with Crippen molar-refractivity contribution in [3.8, 4) is 6.07 Å². The fourth-order valence-electron chi connectivity index (χ4n) is 1.75. The highest BCUT2D eigenvalue weighted by molar-refractivity contribution is 5.46. The third kappa shape index (κ3) is 3.30. The number of hydrogen-bond acceptors (Lipinski definition) is 3. The van der Waals surface area contributed by atoms with Crippen LogP contribution in [0.3, 0.4) is 0 Å². The average molecular weight is 256 g/mol. The maximum Gasteiger partial charge on any atom is 0.140 e. The molecule has 0 radical (unpaired) electrons. The lowest BCUT2D eigenvalue weighted by atomic mass is 10.1. The Balaban J connectivity index is 2.08. The molecule has 0 saturated carbocycles. The topological polar surface area (TPSA) is 56.0 Å². The molecule has 0 bridgehead atoms. The van der Waals surface area contributed by atoms with Crippen LogP contribution < -0.4 is 5.32 Å². The first-order valence-electron chi connectivity index (χ1n) is 5.85. The van der Waals surface area contributed by atoms with Crippen molar-refractivity contribution in [2.75, 3.05) is 5.32 Å². The number of hydrogen-bond donors (Lipinski definition) is 2. The van der Waals surface area contributed by atoms with Gasteiger partial charge in [0.1, 0.15) is 11.9 Å². The molecule has 2 aromatic rings. The number of nitrogens with zero attached hydrogens (tertiary/aromatic N) is 1. The van der Waals surface area contributed by atoms with Gasteiger partial charge in [0.25, 0.3) is 0 Å². The molecule has 3 nitrogen and oxygen atoms in total. The van der Waals surface area contributed by atoms with E-state index in [1.54, 1.807) is 6.07 Å². The second-order valence-corrected chi connectivity index (χ2v) is 4.14. The van der Waals surface area contributed by atoms with E-state index in [-0.39, 0.29) is 12.2 Å². The monoisotopic (exact) mass is 256 g/mol. The van der Waals surface area contributed by atoms with Crippen LogP contribution in [0.1, 0.15) is 16.7 Å². The van der Waals surface area contributed by atoms with Crippen molar-refractivity contribution in [3.63, 3.8) is 0 Å². The van der Waals surface area contributed by atoms with Gasteiger partial charge >= 0.3 is 0 Å². The molecular formula is C15H13FN2O. The number of halogens is 1. The molecule has 2 rings (SSSR count). The molecule has 0 aliphatic heterocycles. The van der Waals surface area contributed by atoms with E-state index >= 15 is 0 Å². The molecule has 96 valence electrons. The Hall–Kier alpha value is -2.38. The summed E-state index contributed by atoms with van der Waals surface area (Å²) in [6.07, 6.45) is 0. The number of benzene rings is 2. The van der Waals surface area contributed by atoms with Crippen LogP contribution in [-0.4, -0.2) is 5.11 Å². The Morgan fingerprint density at radius 2 is 2.00 bits per heavy atom. The standard InChI is InChI=1S/C15H13FN2O/c16-15-5-4-11(6-13(15)8-17)9-18-14-3-1-2-12(7-14)10-19/h1-7,18-19H,9-10H2. The number of aliphatic hydroxyl groups excluding tert-OH is 1. The van der Waals surface area contributed by atoms with Crippen molar-refractivity contribution < 1.29 is 9.50 Å². The van der Waals surface area contributed by atoms with Gasteiger partial charge in [0, 0.05) is 12.2 Å². The van der Waals surface area contributed by atoms with Gasteiger partial charge in [-0.15, -0.1) is 0 Å². The third-order valence-electron chi connectivity index (χ3n) is 2.76. The van der Waals surface area contributed by atoms with Gasteiger partial charge in [-0.05, 0) is 35.4 Å². The van der Waals surface area contributed by atoms with Gasteiger partial charge in [-0.2, -0.15) is 5.26 Å². The summed E-state index contributed by atoms with van der Waals surface area (Å²) in [5.41, 5.74) is 2.56. The van der Waals surface area contributed by atoms with Crippen LogP contribution in [0.4, 0.5) is 10.1 Å². The smallest absolute Gasteiger partial charge is 0.140 e. The second-order valence-electron chi connectivity index (χ2n) is 4.14. The number of anilines is 1. The van der Waals surface area contributed by atoms with Gasteiger partial charge in [0.15, 0.2) is 0 Å². The van der Waals surface area contributed by atoms with Gasteiger partial charge < -0.3 is 10.4 Å². The van der Waals surface area contributed by atoms with E-state index in [4.69, 9.17) is 10.4 Å². The predicted molar refractivity (Wildman–Crippen MR) is 70.8 cm³/mol. The highest BCUT2D eigenvalue weighted by atomic mass is 19.1. The van der Waals surface area contributed by atoms with Crippen LogP contribution in [0.5, 0.6) is 0 Å². The lowest BCUT2D eigenvalue weighted by Gasteiger charge is -2.08. The van der Waals surface area contributed by atoms with Crippen LogP contribution in [-0.2, 0) is 13.2 Å². The molecular weight excluding hydrogens is 243 g/mol. The first-order chi connectivity index (χ1) is 9.22. The first-order valence-corrected chi connectivity index (χ1v) is 5.85. The maximum absolute atomic E-state index is 13.2. The number of aliphatic hydroxyl groups is 1. The zero-order valence-electron chi connectivity index (χ0n) is 10.2. The van der Waals surface area contributed by atoms with E-state index < -0.39 is 5.82 Å². The zero-order chi connectivity index (χ0) is 13.7. The fraction of sp³-hybridized carbons (Fsp3) is 0.133.